The number of nitrogens with zero attached hydrogens (tertiary/aromatic N) is 3. The second-order valence-electron chi connectivity index (χ2n) is 6.52. The molecule has 2 unspecified atom stereocenters. The zero-order chi connectivity index (χ0) is 14.7. The molecular weight excluding hydrogens is 248 g/mol. The van der Waals surface area contributed by atoms with Crippen LogP contribution >= 0.6 is 0 Å². The Bertz CT molecular complexity index is 418. The van der Waals surface area contributed by atoms with E-state index in [1.165, 1.54) is 38.0 Å². The van der Waals surface area contributed by atoms with Crippen LogP contribution in [-0.2, 0) is 7.05 Å². The summed E-state index contributed by atoms with van der Waals surface area (Å²) >= 11 is 0. The molecule has 4 nitrogen and oxygen atoms in total. The molecule has 2 heterocycles. The van der Waals surface area contributed by atoms with Gasteiger partial charge in [0.05, 0.1) is 5.69 Å². The molecule has 0 amide bonds. The number of nitrogens with one attached hydrogen (secondary N) is 1. The highest BCUT2D eigenvalue weighted by molar-refractivity contribution is 5.19. The van der Waals surface area contributed by atoms with Gasteiger partial charge in [-0.3, -0.25) is 9.58 Å². The molecule has 20 heavy (non-hydrogen) atoms. The molecule has 4 heteroatoms. The number of hydrogen-bond acceptors (Lipinski definition) is 3. The van der Waals surface area contributed by atoms with Crippen LogP contribution in [-0.4, -0.2) is 40.4 Å². The minimum Gasteiger partial charge on any atom is -0.316 e. The average molecular weight is 278 g/mol. The van der Waals surface area contributed by atoms with Gasteiger partial charge in [-0.2, -0.15) is 5.10 Å². The fraction of sp³-hybridized carbons (Fsp3) is 0.812. The predicted octanol–water partition coefficient (Wildman–Crippen LogP) is 2.50. The number of rotatable bonds is 5. The third-order valence-electron chi connectivity index (χ3n) is 4.53. The Labute approximate surface area is 123 Å². The van der Waals surface area contributed by atoms with E-state index in [0.717, 1.165) is 11.6 Å². The van der Waals surface area contributed by atoms with E-state index in [2.05, 4.69) is 49.2 Å². The second-order valence-corrected chi connectivity index (χ2v) is 6.52. The Kier molecular flexibility index (Phi) is 5.22. The summed E-state index contributed by atoms with van der Waals surface area (Å²) in [5, 5.41) is 8.03. The van der Waals surface area contributed by atoms with Gasteiger partial charge in [0.1, 0.15) is 0 Å². The molecule has 0 radical (unpaired) electrons. The molecule has 0 aliphatic carbocycles. The molecule has 1 saturated heterocycles. The van der Waals surface area contributed by atoms with Gasteiger partial charge in [0.2, 0.25) is 0 Å². The van der Waals surface area contributed by atoms with Crippen molar-refractivity contribution in [3.05, 3.63) is 17.5 Å². The summed E-state index contributed by atoms with van der Waals surface area (Å²) in [5.74, 6) is 0.783. The van der Waals surface area contributed by atoms with Crippen molar-refractivity contribution in [1.82, 2.24) is 20.0 Å². The van der Waals surface area contributed by atoms with Gasteiger partial charge in [0.15, 0.2) is 0 Å². The molecule has 2 rings (SSSR count). The molecule has 0 spiro atoms. The van der Waals surface area contributed by atoms with Gasteiger partial charge in [-0.25, -0.2) is 0 Å². The first-order valence-electron chi connectivity index (χ1n) is 7.95. The first-order chi connectivity index (χ1) is 9.49. The molecule has 0 bridgehead atoms. The van der Waals surface area contributed by atoms with Gasteiger partial charge in [0, 0.05) is 37.4 Å². The third-order valence-corrected chi connectivity index (χ3v) is 4.53. The Morgan fingerprint density at radius 2 is 2.20 bits per heavy atom. The first kappa shape index (κ1) is 15.5. The van der Waals surface area contributed by atoms with Crippen LogP contribution in [0.2, 0.25) is 0 Å². The summed E-state index contributed by atoms with van der Waals surface area (Å²) in [5.41, 5.74) is 2.53. The van der Waals surface area contributed by atoms with Crippen molar-refractivity contribution in [1.29, 1.82) is 0 Å². The Morgan fingerprint density at radius 3 is 2.70 bits per heavy atom. The fourth-order valence-corrected chi connectivity index (χ4v) is 3.40. The van der Waals surface area contributed by atoms with E-state index in [0.29, 0.717) is 12.1 Å². The van der Waals surface area contributed by atoms with E-state index < -0.39 is 0 Å². The Hall–Kier alpha value is -0.870. The lowest BCUT2D eigenvalue weighted by atomic mass is 9.96. The van der Waals surface area contributed by atoms with E-state index in [-0.39, 0.29) is 0 Å². The second kappa shape index (κ2) is 6.72. The van der Waals surface area contributed by atoms with Crippen LogP contribution in [0.25, 0.3) is 0 Å². The van der Waals surface area contributed by atoms with Crippen molar-refractivity contribution >= 4 is 0 Å². The van der Waals surface area contributed by atoms with Gasteiger partial charge in [-0.1, -0.05) is 0 Å². The van der Waals surface area contributed by atoms with Crippen LogP contribution in [0, 0.1) is 12.8 Å². The lowest BCUT2D eigenvalue weighted by molar-refractivity contribution is 0.126. The smallest absolute Gasteiger partial charge is 0.0641 e. The highest BCUT2D eigenvalue weighted by atomic mass is 15.3. The van der Waals surface area contributed by atoms with E-state index in [1.54, 1.807) is 0 Å². The summed E-state index contributed by atoms with van der Waals surface area (Å²) < 4.78 is 1.93. The van der Waals surface area contributed by atoms with Gasteiger partial charge < -0.3 is 5.32 Å². The van der Waals surface area contributed by atoms with E-state index in [9.17, 15) is 0 Å². The molecule has 0 aromatic carbocycles. The summed E-state index contributed by atoms with van der Waals surface area (Å²) in [6.45, 7) is 12.6. The van der Waals surface area contributed by atoms with Crippen molar-refractivity contribution < 1.29 is 0 Å². The zero-order valence-corrected chi connectivity index (χ0v) is 13.7. The highest BCUT2D eigenvalue weighted by Crippen LogP contribution is 2.26. The van der Waals surface area contributed by atoms with Gasteiger partial charge >= 0.3 is 0 Å². The largest absolute Gasteiger partial charge is 0.316 e. The summed E-state index contributed by atoms with van der Waals surface area (Å²) in [4.78, 5) is 2.63. The molecule has 0 saturated carbocycles. The van der Waals surface area contributed by atoms with Crippen LogP contribution in [0.5, 0.6) is 0 Å². The molecule has 1 aliphatic heterocycles. The Morgan fingerprint density at radius 1 is 1.45 bits per heavy atom. The van der Waals surface area contributed by atoms with Crippen molar-refractivity contribution in [2.24, 2.45) is 13.0 Å². The average Bonchev–Trinajstić information content (AvgIpc) is 2.75. The van der Waals surface area contributed by atoms with E-state index >= 15 is 0 Å². The molecule has 1 fully saturated rings. The molecule has 1 aromatic heterocycles. The minimum atomic E-state index is 0.436. The lowest BCUT2D eigenvalue weighted by Gasteiger charge is -2.37. The van der Waals surface area contributed by atoms with Gasteiger partial charge in [0.25, 0.3) is 0 Å². The molecule has 1 aromatic rings. The van der Waals surface area contributed by atoms with Crippen LogP contribution in [0.1, 0.15) is 50.9 Å². The number of aromatic nitrogens is 2. The topological polar surface area (TPSA) is 33.1 Å². The number of hydrogen-bond donors (Lipinski definition) is 1. The minimum absolute atomic E-state index is 0.436. The van der Waals surface area contributed by atoms with Crippen molar-refractivity contribution in [2.45, 2.75) is 52.6 Å². The van der Waals surface area contributed by atoms with Crippen LogP contribution < -0.4 is 5.32 Å². The molecule has 1 aliphatic rings. The first-order valence-corrected chi connectivity index (χ1v) is 7.95. The maximum absolute atomic E-state index is 4.50. The highest BCUT2D eigenvalue weighted by Gasteiger charge is 2.25. The summed E-state index contributed by atoms with van der Waals surface area (Å²) in [6.07, 6.45) is 4.85. The number of aryl methyl sites for hydroxylation is 2. The quantitative estimate of drug-likeness (QED) is 0.898. The van der Waals surface area contributed by atoms with Crippen molar-refractivity contribution in [3.8, 4) is 0 Å². The lowest BCUT2D eigenvalue weighted by Crippen LogP contribution is -2.42. The molecule has 2 atom stereocenters. The predicted molar refractivity (Wildman–Crippen MR) is 83.8 cm³/mol. The van der Waals surface area contributed by atoms with E-state index in [4.69, 9.17) is 0 Å². The summed E-state index contributed by atoms with van der Waals surface area (Å²) in [6, 6.07) is 0.997. The molecule has 114 valence electrons. The van der Waals surface area contributed by atoms with Gasteiger partial charge in [-0.15, -0.1) is 0 Å². The SMILES string of the molecule is Cc1nn(C)cc1C(C)N(CC1CCCNC1)C(C)C. The third kappa shape index (κ3) is 3.61. The molecule has 1 N–H and O–H groups in total. The normalized spacial score (nSPS) is 21.6. The fourth-order valence-electron chi connectivity index (χ4n) is 3.40. The van der Waals surface area contributed by atoms with Gasteiger partial charge in [-0.05, 0) is 59.5 Å². The Balaban J connectivity index is 2.09. The maximum Gasteiger partial charge on any atom is 0.0641 e. The van der Waals surface area contributed by atoms with Crippen LogP contribution in [0.15, 0.2) is 6.20 Å². The zero-order valence-electron chi connectivity index (χ0n) is 13.7. The van der Waals surface area contributed by atoms with E-state index in [1.807, 2.05) is 11.7 Å². The van der Waals surface area contributed by atoms with Crippen LogP contribution in [0.3, 0.4) is 0 Å². The van der Waals surface area contributed by atoms with Crippen molar-refractivity contribution in [2.75, 3.05) is 19.6 Å². The number of piperidine rings is 1. The standard InChI is InChI=1S/C16H30N4/c1-12(2)20(10-15-7-6-8-17-9-15)14(4)16-11-19(5)18-13(16)3/h11-12,14-15,17H,6-10H2,1-5H3. The van der Waals surface area contributed by atoms with Crippen molar-refractivity contribution in [3.63, 3.8) is 0 Å². The maximum atomic E-state index is 4.50. The summed E-state index contributed by atoms with van der Waals surface area (Å²) in [7, 11) is 2.01. The monoisotopic (exact) mass is 278 g/mol. The molecular formula is C16H30N4. The van der Waals surface area contributed by atoms with Crippen LogP contribution in [0.4, 0.5) is 0 Å².